The normalized spacial score (nSPS) is 11.1. The van der Waals surface area contributed by atoms with E-state index in [1.165, 1.54) is 17.3 Å². The molecule has 0 spiro atoms. The Bertz CT molecular complexity index is 1140. The molecule has 5 nitrogen and oxygen atoms in total. The zero-order chi connectivity index (χ0) is 21.3. The van der Waals surface area contributed by atoms with E-state index in [2.05, 4.69) is 27.6 Å². The highest BCUT2D eigenvalue weighted by Gasteiger charge is 2.07. The van der Waals surface area contributed by atoms with Crippen LogP contribution in [0.1, 0.15) is 11.1 Å². The van der Waals surface area contributed by atoms with Crippen molar-refractivity contribution in [2.75, 3.05) is 12.4 Å². The van der Waals surface area contributed by atoms with E-state index in [0.29, 0.717) is 6.61 Å². The highest BCUT2D eigenvalue weighted by molar-refractivity contribution is 8.01. The van der Waals surface area contributed by atoms with Gasteiger partial charge in [0.25, 0.3) is 5.91 Å². The molecule has 0 saturated carbocycles. The summed E-state index contributed by atoms with van der Waals surface area (Å²) in [4.78, 5) is 16.6. The Labute approximate surface area is 189 Å². The number of thioether (sulfide) groups is 1. The van der Waals surface area contributed by atoms with Crippen LogP contribution in [0.5, 0.6) is 5.75 Å². The van der Waals surface area contributed by atoms with Crippen LogP contribution in [-0.2, 0) is 11.2 Å². The van der Waals surface area contributed by atoms with Crippen LogP contribution in [0.4, 0.5) is 0 Å². The number of benzene rings is 3. The Balaban J connectivity index is 1.22. The van der Waals surface area contributed by atoms with E-state index in [9.17, 15) is 4.79 Å². The van der Waals surface area contributed by atoms with Crippen molar-refractivity contribution < 1.29 is 9.53 Å². The molecule has 1 aromatic heterocycles. The van der Waals surface area contributed by atoms with Crippen molar-refractivity contribution in [3.8, 4) is 5.75 Å². The van der Waals surface area contributed by atoms with Gasteiger partial charge in [0, 0.05) is 6.42 Å². The van der Waals surface area contributed by atoms with Gasteiger partial charge in [-0.1, -0.05) is 66.4 Å². The summed E-state index contributed by atoms with van der Waals surface area (Å²) in [5, 5.41) is 4.06. The first-order valence-corrected chi connectivity index (χ1v) is 11.6. The number of hydrogen-bond donors (Lipinski definition) is 1. The predicted octanol–water partition coefficient (Wildman–Crippen LogP) is 5.16. The Hall–Kier alpha value is -3.16. The summed E-state index contributed by atoms with van der Waals surface area (Å²) in [6.07, 6.45) is 2.46. The van der Waals surface area contributed by atoms with Gasteiger partial charge in [-0.3, -0.25) is 4.79 Å². The fraction of sp³-hybridized carbons (Fsp3) is 0.125. The standard InChI is InChI=1S/C24H21N3O2S2/c28-23(17-30-24-26-21-11-4-5-12-22(21)31-24)27-25-16-19-9-6-10-20(15-19)29-14-13-18-7-2-1-3-8-18/h1-12,15-16H,13-14,17H2,(H,27,28)/b25-16+. The maximum atomic E-state index is 12.1. The number of nitrogens with zero attached hydrogens (tertiary/aromatic N) is 2. The van der Waals surface area contributed by atoms with E-state index >= 15 is 0 Å². The molecule has 0 fully saturated rings. The SMILES string of the molecule is O=C(CSc1nc2ccccc2s1)N/N=C/c1cccc(OCCc2ccccc2)c1. The third-order valence-electron chi connectivity index (χ3n) is 4.36. The molecule has 0 aliphatic heterocycles. The van der Waals surface area contributed by atoms with Gasteiger partial charge < -0.3 is 4.74 Å². The predicted molar refractivity (Wildman–Crippen MR) is 128 cm³/mol. The average Bonchev–Trinajstić information content (AvgIpc) is 3.22. The van der Waals surface area contributed by atoms with Gasteiger partial charge >= 0.3 is 0 Å². The Morgan fingerprint density at radius 1 is 1.06 bits per heavy atom. The van der Waals surface area contributed by atoms with Crippen molar-refractivity contribution >= 4 is 45.4 Å². The summed E-state index contributed by atoms with van der Waals surface area (Å²) in [5.41, 5.74) is 5.62. The van der Waals surface area contributed by atoms with Gasteiger partial charge in [0.2, 0.25) is 0 Å². The molecule has 7 heteroatoms. The monoisotopic (exact) mass is 447 g/mol. The summed E-state index contributed by atoms with van der Waals surface area (Å²) in [6, 6.07) is 25.8. The highest BCUT2D eigenvalue weighted by atomic mass is 32.2. The molecule has 0 radical (unpaired) electrons. The molecule has 4 rings (SSSR count). The van der Waals surface area contributed by atoms with Crippen LogP contribution >= 0.6 is 23.1 Å². The number of nitrogens with one attached hydrogen (secondary N) is 1. The molecule has 156 valence electrons. The van der Waals surface area contributed by atoms with E-state index in [0.717, 1.165) is 32.3 Å². The lowest BCUT2D eigenvalue weighted by atomic mass is 10.2. The largest absolute Gasteiger partial charge is 0.493 e. The molecule has 0 unspecified atom stereocenters. The number of thiazole rings is 1. The van der Waals surface area contributed by atoms with Crippen LogP contribution in [0.25, 0.3) is 10.2 Å². The van der Waals surface area contributed by atoms with Crippen LogP contribution in [-0.4, -0.2) is 29.5 Å². The summed E-state index contributed by atoms with van der Waals surface area (Å²) in [5.74, 6) is 0.869. The molecule has 0 aliphatic carbocycles. The summed E-state index contributed by atoms with van der Waals surface area (Å²) < 4.78 is 7.83. The Morgan fingerprint density at radius 3 is 2.77 bits per heavy atom. The maximum absolute atomic E-state index is 12.1. The van der Waals surface area contributed by atoms with Crippen molar-refractivity contribution in [3.63, 3.8) is 0 Å². The zero-order valence-electron chi connectivity index (χ0n) is 16.7. The minimum absolute atomic E-state index is 0.171. The van der Waals surface area contributed by atoms with Crippen molar-refractivity contribution in [2.45, 2.75) is 10.8 Å². The number of hydrazone groups is 1. The van der Waals surface area contributed by atoms with Gasteiger partial charge in [0.15, 0.2) is 4.34 Å². The number of para-hydroxylation sites is 1. The second kappa shape index (κ2) is 10.7. The van der Waals surface area contributed by atoms with E-state index in [-0.39, 0.29) is 11.7 Å². The number of aromatic nitrogens is 1. The Morgan fingerprint density at radius 2 is 1.90 bits per heavy atom. The maximum Gasteiger partial charge on any atom is 0.250 e. The first-order valence-electron chi connectivity index (χ1n) is 9.83. The van der Waals surface area contributed by atoms with Gasteiger partial charge in [-0.2, -0.15) is 5.10 Å². The fourth-order valence-corrected chi connectivity index (χ4v) is 4.73. The number of rotatable bonds is 9. The molecule has 1 N–H and O–H groups in total. The molecule has 3 aromatic carbocycles. The molecule has 1 amide bonds. The third kappa shape index (κ3) is 6.41. The zero-order valence-corrected chi connectivity index (χ0v) is 18.4. The van der Waals surface area contributed by atoms with Crippen molar-refractivity contribution in [1.82, 2.24) is 10.4 Å². The van der Waals surface area contributed by atoms with E-state index < -0.39 is 0 Å². The van der Waals surface area contributed by atoms with Gasteiger partial charge in [0.05, 0.1) is 28.8 Å². The molecule has 0 aliphatic rings. The van der Waals surface area contributed by atoms with Crippen molar-refractivity contribution in [1.29, 1.82) is 0 Å². The number of amides is 1. The van der Waals surface area contributed by atoms with Crippen LogP contribution in [0.15, 0.2) is 88.3 Å². The minimum atomic E-state index is -0.171. The van der Waals surface area contributed by atoms with E-state index in [4.69, 9.17) is 4.74 Å². The third-order valence-corrected chi connectivity index (χ3v) is 6.54. The molecule has 1 heterocycles. The Kier molecular flexibility index (Phi) is 7.31. The van der Waals surface area contributed by atoms with Crippen molar-refractivity contribution in [3.05, 3.63) is 90.0 Å². The minimum Gasteiger partial charge on any atom is -0.493 e. The lowest BCUT2D eigenvalue weighted by Crippen LogP contribution is -2.19. The van der Waals surface area contributed by atoms with E-state index in [1.54, 1.807) is 17.6 Å². The molecule has 0 saturated heterocycles. The number of carbonyl (C=O) groups excluding carboxylic acids is 1. The van der Waals surface area contributed by atoms with Crippen LogP contribution in [0.2, 0.25) is 0 Å². The second-order valence-corrected chi connectivity index (χ2v) is 8.94. The fourth-order valence-electron chi connectivity index (χ4n) is 2.87. The number of fused-ring (bicyclic) bond motifs is 1. The second-order valence-electron chi connectivity index (χ2n) is 6.69. The summed E-state index contributed by atoms with van der Waals surface area (Å²) in [7, 11) is 0. The molecule has 31 heavy (non-hydrogen) atoms. The van der Waals surface area contributed by atoms with Crippen molar-refractivity contribution in [2.24, 2.45) is 5.10 Å². The van der Waals surface area contributed by atoms with Crippen LogP contribution < -0.4 is 10.2 Å². The number of hydrogen-bond acceptors (Lipinski definition) is 6. The lowest BCUT2D eigenvalue weighted by Gasteiger charge is -2.07. The molecule has 4 aromatic rings. The van der Waals surface area contributed by atoms with E-state index in [1.807, 2.05) is 66.7 Å². The number of ether oxygens (including phenoxy) is 1. The van der Waals surface area contributed by atoms with Gasteiger partial charge in [0.1, 0.15) is 5.75 Å². The molecule has 0 bridgehead atoms. The van der Waals surface area contributed by atoms with Gasteiger partial charge in [-0.25, -0.2) is 10.4 Å². The average molecular weight is 448 g/mol. The summed E-state index contributed by atoms with van der Waals surface area (Å²) in [6.45, 7) is 0.602. The highest BCUT2D eigenvalue weighted by Crippen LogP contribution is 2.29. The summed E-state index contributed by atoms with van der Waals surface area (Å²) >= 11 is 3.00. The first kappa shape index (κ1) is 21.1. The van der Waals surface area contributed by atoms with Crippen LogP contribution in [0.3, 0.4) is 0 Å². The van der Waals surface area contributed by atoms with Gasteiger partial charge in [-0.15, -0.1) is 11.3 Å². The quantitative estimate of drug-likeness (QED) is 0.219. The number of carbonyl (C=O) groups is 1. The molecule has 0 atom stereocenters. The first-order chi connectivity index (χ1) is 15.3. The lowest BCUT2D eigenvalue weighted by molar-refractivity contribution is -0.118. The van der Waals surface area contributed by atoms with Gasteiger partial charge in [-0.05, 0) is 35.4 Å². The topological polar surface area (TPSA) is 63.6 Å². The molecular weight excluding hydrogens is 426 g/mol. The van der Waals surface area contributed by atoms with Crippen LogP contribution in [0, 0.1) is 0 Å². The molecular formula is C24H21N3O2S2. The smallest absolute Gasteiger partial charge is 0.250 e.